The van der Waals surface area contributed by atoms with Gasteiger partial charge in [0, 0.05) is 18.7 Å². The predicted molar refractivity (Wildman–Crippen MR) is 88.3 cm³/mol. The second kappa shape index (κ2) is 7.48. The Morgan fingerprint density at radius 2 is 2.13 bits per heavy atom. The average molecular weight is 333 g/mol. The monoisotopic (exact) mass is 333 g/mol. The molecule has 1 aliphatic heterocycles. The van der Waals surface area contributed by atoms with E-state index in [0.717, 1.165) is 6.42 Å². The molecule has 3 rings (SSSR count). The van der Waals surface area contributed by atoms with Crippen LogP contribution in [0.1, 0.15) is 34.7 Å². The van der Waals surface area contributed by atoms with Gasteiger partial charge in [-0.1, -0.05) is 0 Å². The molecule has 2 heterocycles. The fraction of sp³-hybridized carbons (Fsp3) is 0.353. The number of hydrogen-bond donors (Lipinski definition) is 2. The molecule has 0 saturated heterocycles. The molecule has 0 spiro atoms. The minimum atomic E-state index is -0.128. The van der Waals surface area contributed by atoms with E-state index in [1.165, 1.54) is 5.56 Å². The van der Waals surface area contributed by atoms with Crippen molar-refractivity contribution in [1.29, 1.82) is 0 Å². The molecule has 1 aliphatic rings. The maximum Gasteiger partial charge on any atom is 0.251 e. The molecule has 0 aliphatic carbocycles. The summed E-state index contributed by atoms with van der Waals surface area (Å²) in [5.41, 5.74) is 1.78. The van der Waals surface area contributed by atoms with Gasteiger partial charge in [0.25, 0.3) is 5.91 Å². The second-order valence-electron chi connectivity index (χ2n) is 5.38. The van der Waals surface area contributed by atoms with Gasteiger partial charge in [0.2, 0.25) is 6.79 Å². The van der Waals surface area contributed by atoms with E-state index in [2.05, 4.69) is 16.8 Å². The van der Waals surface area contributed by atoms with E-state index in [0.29, 0.717) is 30.0 Å². The van der Waals surface area contributed by atoms with E-state index in [9.17, 15) is 9.90 Å². The quantitative estimate of drug-likeness (QED) is 0.817. The molecule has 1 atom stereocenters. The van der Waals surface area contributed by atoms with Crippen LogP contribution < -0.4 is 14.8 Å². The summed E-state index contributed by atoms with van der Waals surface area (Å²) in [6, 6.07) is 7.25. The summed E-state index contributed by atoms with van der Waals surface area (Å²) in [7, 11) is 0. The largest absolute Gasteiger partial charge is 0.454 e. The third-order valence-corrected chi connectivity index (χ3v) is 4.61. The summed E-state index contributed by atoms with van der Waals surface area (Å²) in [5, 5.41) is 16.3. The van der Waals surface area contributed by atoms with Crippen LogP contribution in [0.3, 0.4) is 0 Å². The standard InChI is InChI=1S/C17H19NO4S/c19-7-4-12(14-5-8-23-10-14)3-6-18-17(20)13-1-2-15-16(9-13)22-11-21-15/h1-2,5,8-10,12,19H,3-4,6-7,11H2,(H,18,20). The van der Waals surface area contributed by atoms with Crippen LogP contribution in [0, 0.1) is 0 Å². The highest BCUT2D eigenvalue weighted by Gasteiger charge is 2.17. The molecule has 2 aromatic rings. The lowest BCUT2D eigenvalue weighted by molar-refractivity contribution is 0.0951. The Morgan fingerprint density at radius 1 is 1.26 bits per heavy atom. The van der Waals surface area contributed by atoms with Crippen LogP contribution in [-0.2, 0) is 0 Å². The third kappa shape index (κ3) is 3.83. The topological polar surface area (TPSA) is 67.8 Å². The number of thiophene rings is 1. The maximum absolute atomic E-state index is 12.2. The molecule has 1 aromatic carbocycles. The van der Waals surface area contributed by atoms with Crippen LogP contribution in [0.4, 0.5) is 0 Å². The second-order valence-corrected chi connectivity index (χ2v) is 6.16. The summed E-state index contributed by atoms with van der Waals surface area (Å²) < 4.78 is 10.5. The van der Waals surface area contributed by atoms with Crippen molar-refractivity contribution in [2.24, 2.45) is 0 Å². The van der Waals surface area contributed by atoms with E-state index >= 15 is 0 Å². The van der Waals surface area contributed by atoms with Gasteiger partial charge in [-0.05, 0) is 59.3 Å². The van der Waals surface area contributed by atoms with Crippen LogP contribution in [0.25, 0.3) is 0 Å². The molecule has 2 N–H and O–H groups in total. The van der Waals surface area contributed by atoms with Gasteiger partial charge in [-0.2, -0.15) is 11.3 Å². The van der Waals surface area contributed by atoms with Crippen LogP contribution in [0.2, 0.25) is 0 Å². The zero-order chi connectivity index (χ0) is 16.1. The highest BCUT2D eigenvalue weighted by molar-refractivity contribution is 7.07. The molecule has 23 heavy (non-hydrogen) atoms. The van der Waals surface area contributed by atoms with Crippen LogP contribution in [0.15, 0.2) is 35.0 Å². The molecule has 0 fully saturated rings. The average Bonchev–Trinajstić information content (AvgIpc) is 3.24. The molecule has 6 heteroatoms. The summed E-state index contributed by atoms with van der Waals surface area (Å²) in [4.78, 5) is 12.2. The Hall–Kier alpha value is -2.05. The van der Waals surface area contributed by atoms with Crippen molar-refractivity contribution in [3.05, 3.63) is 46.2 Å². The zero-order valence-electron chi connectivity index (χ0n) is 12.7. The number of benzene rings is 1. The SMILES string of the molecule is O=C(NCCC(CCO)c1ccsc1)c1ccc2c(c1)OCO2. The number of aliphatic hydroxyl groups is 1. The summed E-state index contributed by atoms with van der Waals surface area (Å²) >= 11 is 1.65. The number of fused-ring (bicyclic) bond motifs is 1. The molecule has 1 unspecified atom stereocenters. The first-order chi connectivity index (χ1) is 11.3. The summed E-state index contributed by atoms with van der Waals surface area (Å²) in [6.07, 6.45) is 1.50. The molecule has 1 amide bonds. The van der Waals surface area contributed by atoms with Gasteiger partial charge in [-0.25, -0.2) is 0 Å². The van der Waals surface area contributed by atoms with Crippen molar-refractivity contribution in [3.8, 4) is 11.5 Å². The first kappa shape index (κ1) is 15.8. The number of rotatable bonds is 7. The number of amides is 1. The van der Waals surface area contributed by atoms with Gasteiger partial charge >= 0.3 is 0 Å². The minimum absolute atomic E-state index is 0.128. The first-order valence-corrected chi connectivity index (χ1v) is 8.53. The molecule has 0 radical (unpaired) electrons. The molecule has 1 aromatic heterocycles. The third-order valence-electron chi connectivity index (χ3n) is 3.91. The Bertz CT molecular complexity index is 657. The lowest BCUT2D eigenvalue weighted by Crippen LogP contribution is -2.25. The van der Waals surface area contributed by atoms with Crippen molar-refractivity contribution in [2.45, 2.75) is 18.8 Å². The molecule has 122 valence electrons. The smallest absolute Gasteiger partial charge is 0.251 e. The summed E-state index contributed by atoms with van der Waals surface area (Å²) in [5.74, 6) is 1.41. The maximum atomic E-state index is 12.2. The van der Waals surface area contributed by atoms with Gasteiger partial charge in [-0.3, -0.25) is 4.79 Å². The molecule has 5 nitrogen and oxygen atoms in total. The highest BCUT2D eigenvalue weighted by atomic mass is 32.1. The molecule has 0 bridgehead atoms. The van der Waals surface area contributed by atoms with Crippen molar-refractivity contribution in [2.75, 3.05) is 19.9 Å². The van der Waals surface area contributed by atoms with Crippen LogP contribution in [-0.4, -0.2) is 31.0 Å². The number of ether oxygens (including phenoxy) is 2. The number of carbonyl (C=O) groups is 1. The Kier molecular flexibility index (Phi) is 5.15. The molecule has 0 saturated carbocycles. The fourth-order valence-electron chi connectivity index (χ4n) is 2.64. The van der Waals surface area contributed by atoms with E-state index < -0.39 is 0 Å². The van der Waals surface area contributed by atoms with Crippen molar-refractivity contribution in [1.82, 2.24) is 5.32 Å². The molecular formula is C17H19NO4S. The fourth-order valence-corrected chi connectivity index (χ4v) is 3.38. The first-order valence-electron chi connectivity index (χ1n) is 7.58. The van der Waals surface area contributed by atoms with E-state index in [4.69, 9.17) is 9.47 Å². The van der Waals surface area contributed by atoms with Crippen molar-refractivity contribution >= 4 is 17.2 Å². The van der Waals surface area contributed by atoms with Crippen LogP contribution >= 0.6 is 11.3 Å². The minimum Gasteiger partial charge on any atom is -0.454 e. The molecular weight excluding hydrogens is 314 g/mol. The van der Waals surface area contributed by atoms with E-state index in [1.54, 1.807) is 29.5 Å². The number of aliphatic hydroxyl groups excluding tert-OH is 1. The van der Waals surface area contributed by atoms with Gasteiger partial charge < -0.3 is 19.9 Å². The van der Waals surface area contributed by atoms with Gasteiger partial charge in [-0.15, -0.1) is 0 Å². The lowest BCUT2D eigenvalue weighted by Gasteiger charge is -2.15. The van der Waals surface area contributed by atoms with Gasteiger partial charge in [0.15, 0.2) is 11.5 Å². The number of hydrogen-bond acceptors (Lipinski definition) is 5. The number of carbonyl (C=O) groups excluding carboxylic acids is 1. The van der Waals surface area contributed by atoms with Gasteiger partial charge in [0.1, 0.15) is 0 Å². The van der Waals surface area contributed by atoms with Gasteiger partial charge in [0.05, 0.1) is 0 Å². The van der Waals surface area contributed by atoms with E-state index in [-0.39, 0.29) is 25.2 Å². The Morgan fingerprint density at radius 3 is 2.91 bits per heavy atom. The summed E-state index contributed by atoms with van der Waals surface area (Å²) in [6.45, 7) is 0.911. The predicted octanol–water partition coefficient (Wildman–Crippen LogP) is 2.76. The van der Waals surface area contributed by atoms with Crippen LogP contribution in [0.5, 0.6) is 11.5 Å². The van der Waals surface area contributed by atoms with Crippen molar-refractivity contribution < 1.29 is 19.4 Å². The van der Waals surface area contributed by atoms with Crippen molar-refractivity contribution in [3.63, 3.8) is 0 Å². The highest BCUT2D eigenvalue weighted by Crippen LogP contribution is 2.32. The van der Waals surface area contributed by atoms with E-state index in [1.807, 2.05) is 5.38 Å². The number of nitrogens with one attached hydrogen (secondary N) is 1. The zero-order valence-corrected chi connectivity index (χ0v) is 13.5. The lowest BCUT2D eigenvalue weighted by atomic mass is 9.95. The Balaban J connectivity index is 1.54. The Labute approximate surface area is 138 Å². The normalized spacial score (nSPS) is 13.8.